The van der Waals surface area contributed by atoms with E-state index >= 15 is 0 Å². The molecule has 0 atom stereocenters. The average Bonchev–Trinajstić information content (AvgIpc) is 2.44. The molecule has 0 amide bonds. The maximum atomic E-state index is 14.0. The highest BCUT2D eigenvalue weighted by molar-refractivity contribution is 6.31. The Hall–Kier alpha value is -1.04. The predicted octanol–water partition coefficient (Wildman–Crippen LogP) is 1.64. The number of ether oxygens (including phenoxy) is 1. The van der Waals surface area contributed by atoms with E-state index in [9.17, 15) is 9.50 Å². The van der Waals surface area contributed by atoms with Crippen molar-refractivity contribution in [2.75, 3.05) is 39.8 Å². The third-order valence-corrected chi connectivity index (χ3v) is 3.63. The molecule has 19 heavy (non-hydrogen) atoms. The molecule has 6 heteroatoms. The third kappa shape index (κ3) is 3.29. The van der Waals surface area contributed by atoms with Crippen LogP contribution < -0.4 is 10.1 Å². The Morgan fingerprint density at radius 3 is 2.79 bits per heavy atom. The minimum absolute atomic E-state index is 0.0232. The molecule has 1 aromatic carbocycles. The molecule has 0 spiro atoms. The Labute approximate surface area is 117 Å². The van der Waals surface area contributed by atoms with Crippen LogP contribution in [-0.2, 0) is 6.42 Å². The Balaban J connectivity index is 2.12. The summed E-state index contributed by atoms with van der Waals surface area (Å²) < 4.78 is 18.9. The van der Waals surface area contributed by atoms with Crippen molar-refractivity contribution in [3.8, 4) is 11.5 Å². The molecule has 0 saturated carbocycles. The first-order valence-corrected chi connectivity index (χ1v) is 6.68. The van der Waals surface area contributed by atoms with Crippen molar-refractivity contribution in [2.24, 2.45) is 0 Å². The van der Waals surface area contributed by atoms with E-state index in [1.807, 2.05) is 0 Å². The van der Waals surface area contributed by atoms with Crippen molar-refractivity contribution in [1.29, 1.82) is 0 Å². The number of hydrogen-bond acceptors (Lipinski definition) is 4. The lowest BCUT2D eigenvalue weighted by Crippen LogP contribution is -2.44. The molecule has 0 radical (unpaired) electrons. The van der Waals surface area contributed by atoms with Gasteiger partial charge in [0.1, 0.15) is 5.82 Å². The SMILES string of the molecule is COc1cc(Cl)c(F)c(CCN2CCNCC2)c1O. The molecule has 0 aromatic heterocycles. The Morgan fingerprint density at radius 1 is 1.47 bits per heavy atom. The van der Waals surface area contributed by atoms with Gasteiger partial charge in [0.15, 0.2) is 11.5 Å². The van der Waals surface area contributed by atoms with Gasteiger partial charge >= 0.3 is 0 Å². The zero-order chi connectivity index (χ0) is 13.8. The maximum Gasteiger partial charge on any atom is 0.164 e. The number of methoxy groups -OCH3 is 1. The second kappa shape index (κ2) is 6.41. The van der Waals surface area contributed by atoms with Crippen LogP contribution in [0.2, 0.25) is 5.02 Å². The second-order valence-corrected chi connectivity index (χ2v) is 4.95. The molecule has 0 bridgehead atoms. The molecular formula is C13H18ClFN2O2. The Bertz CT molecular complexity index is 451. The Morgan fingerprint density at radius 2 is 2.16 bits per heavy atom. The van der Waals surface area contributed by atoms with Crippen LogP contribution in [0.25, 0.3) is 0 Å². The Kier molecular flexibility index (Phi) is 4.85. The number of halogens is 2. The van der Waals surface area contributed by atoms with E-state index in [2.05, 4.69) is 10.2 Å². The molecule has 4 nitrogen and oxygen atoms in total. The highest BCUT2D eigenvalue weighted by atomic mass is 35.5. The fourth-order valence-electron chi connectivity index (χ4n) is 2.23. The van der Waals surface area contributed by atoms with Crippen LogP contribution in [0.3, 0.4) is 0 Å². The van der Waals surface area contributed by atoms with E-state index in [1.54, 1.807) is 0 Å². The summed E-state index contributed by atoms with van der Waals surface area (Å²) in [6, 6.07) is 1.29. The van der Waals surface area contributed by atoms with Gasteiger partial charge in [0, 0.05) is 44.4 Å². The van der Waals surface area contributed by atoms with Gasteiger partial charge in [-0.05, 0) is 6.42 Å². The lowest BCUT2D eigenvalue weighted by molar-refractivity contribution is 0.242. The number of nitrogens with one attached hydrogen (secondary N) is 1. The minimum atomic E-state index is -0.560. The molecule has 1 fully saturated rings. The molecule has 1 heterocycles. The number of nitrogens with zero attached hydrogens (tertiary/aromatic N) is 1. The monoisotopic (exact) mass is 288 g/mol. The van der Waals surface area contributed by atoms with Crippen LogP contribution in [0.15, 0.2) is 6.07 Å². The zero-order valence-corrected chi connectivity index (χ0v) is 11.6. The summed E-state index contributed by atoms with van der Waals surface area (Å²) in [6.07, 6.45) is 0.411. The van der Waals surface area contributed by atoms with Gasteiger partial charge in [0.2, 0.25) is 0 Å². The van der Waals surface area contributed by atoms with Crippen molar-refractivity contribution < 1.29 is 14.2 Å². The summed E-state index contributed by atoms with van der Waals surface area (Å²) in [5, 5.41) is 13.2. The lowest BCUT2D eigenvalue weighted by atomic mass is 10.1. The maximum absolute atomic E-state index is 14.0. The number of aromatic hydroxyl groups is 1. The van der Waals surface area contributed by atoms with Crippen LogP contribution in [0, 0.1) is 5.82 Å². The van der Waals surface area contributed by atoms with Gasteiger partial charge < -0.3 is 20.1 Å². The minimum Gasteiger partial charge on any atom is -0.504 e. The third-order valence-electron chi connectivity index (χ3n) is 3.36. The number of phenolic OH excluding ortho intramolecular Hbond substituents is 1. The molecule has 106 valence electrons. The highest BCUT2D eigenvalue weighted by Crippen LogP contribution is 2.36. The number of benzene rings is 1. The molecule has 1 aromatic rings. The molecular weight excluding hydrogens is 271 g/mol. The molecule has 1 aliphatic heterocycles. The van der Waals surface area contributed by atoms with Crippen LogP contribution in [0.5, 0.6) is 11.5 Å². The van der Waals surface area contributed by atoms with Crippen molar-refractivity contribution in [3.05, 3.63) is 22.5 Å². The quantitative estimate of drug-likeness (QED) is 0.884. The number of hydrogen-bond donors (Lipinski definition) is 2. The van der Waals surface area contributed by atoms with Gasteiger partial charge in [0.25, 0.3) is 0 Å². The summed E-state index contributed by atoms with van der Waals surface area (Å²) in [6.45, 7) is 4.43. The van der Waals surface area contributed by atoms with Crippen molar-refractivity contribution in [3.63, 3.8) is 0 Å². The van der Waals surface area contributed by atoms with Gasteiger partial charge in [-0.2, -0.15) is 0 Å². The van der Waals surface area contributed by atoms with Crippen LogP contribution in [0.1, 0.15) is 5.56 Å². The van der Waals surface area contributed by atoms with Gasteiger partial charge in [-0.3, -0.25) is 0 Å². The molecule has 1 aliphatic rings. The lowest BCUT2D eigenvalue weighted by Gasteiger charge is -2.27. The summed E-state index contributed by atoms with van der Waals surface area (Å²) in [5.74, 6) is -0.503. The van der Waals surface area contributed by atoms with E-state index in [4.69, 9.17) is 16.3 Å². The van der Waals surface area contributed by atoms with Crippen LogP contribution >= 0.6 is 11.6 Å². The topological polar surface area (TPSA) is 44.7 Å². The second-order valence-electron chi connectivity index (χ2n) is 4.54. The summed E-state index contributed by atoms with van der Waals surface area (Å²) in [5.41, 5.74) is 0.225. The van der Waals surface area contributed by atoms with Crippen molar-refractivity contribution in [2.45, 2.75) is 6.42 Å². The van der Waals surface area contributed by atoms with Crippen molar-refractivity contribution >= 4 is 11.6 Å². The van der Waals surface area contributed by atoms with E-state index < -0.39 is 5.82 Å². The first kappa shape index (κ1) is 14.4. The first-order valence-electron chi connectivity index (χ1n) is 6.30. The van der Waals surface area contributed by atoms with E-state index in [1.165, 1.54) is 13.2 Å². The van der Waals surface area contributed by atoms with Crippen molar-refractivity contribution in [1.82, 2.24) is 10.2 Å². The summed E-state index contributed by atoms with van der Waals surface area (Å²) in [7, 11) is 1.42. The largest absolute Gasteiger partial charge is 0.504 e. The van der Waals surface area contributed by atoms with E-state index in [-0.39, 0.29) is 22.1 Å². The molecule has 2 N–H and O–H groups in total. The van der Waals surface area contributed by atoms with Gasteiger partial charge in [-0.25, -0.2) is 4.39 Å². The summed E-state index contributed by atoms with van der Waals surface area (Å²) >= 11 is 5.80. The van der Waals surface area contributed by atoms with E-state index in [0.29, 0.717) is 13.0 Å². The van der Waals surface area contributed by atoms with Gasteiger partial charge in [0.05, 0.1) is 12.1 Å². The fourth-order valence-corrected chi connectivity index (χ4v) is 2.45. The first-order chi connectivity index (χ1) is 9.13. The van der Waals surface area contributed by atoms with Crippen LogP contribution in [0.4, 0.5) is 4.39 Å². The molecule has 0 unspecified atom stereocenters. The number of piperazine rings is 1. The van der Waals surface area contributed by atoms with Crippen LogP contribution in [-0.4, -0.2) is 49.8 Å². The van der Waals surface area contributed by atoms with Gasteiger partial charge in [-0.1, -0.05) is 11.6 Å². The summed E-state index contributed by atoms with van der Waals surface area (Å²) in [4.78, 5) is 2.22. The molecule has 2 rings (SSSR count). The number of rotatable bonds is 4. The molecule has 0 aliphatic carbocycles. The number of phenols is 1. The fraction of sp³-hybridized carbons (Fsp3) is 0.538. The standard InChI is InChI=1S/C13H18ClFN2O2/c1-19-11-8-10(14)12(15)9(13(11)18)2-5-17-6-3-16-4-7-17/h8,16,18H,2-7H2,1H3. The average molecular weight is 289 g/mol. The van der Waals surface area contributed by atoms with E-state index in [0.717, 1.165) is 26.2 Å². The normalized spacial score (nSPS) is 16.6. The smallest absolute Gasteiger partial charge is 0.164 e. The molecule has 1 saturated heterocycles. The highest BCUT2D eigenvalue weighted by Gasteiger charge is 2.19. The zero-order valence-electron chi connectivity index (χ0n) is 10.9. The van der Waals surface area contributed by atoms with Gasteiger partial charge in [-0.15, -0.1) is 0 Å². The predicted molar refractivity (Wildman–Crippen MR) is 72.6 cm³/mol.